The highest BCUT2D eigenvalue weighted by Crippen LogP contribution is 2.32. The van der Waals surface area contributed by atoms with Crippen molar-refractivity contribution < 1.29 is 0 Å². The third-order valence-electron chi connectivity index (χ3n) is 6.01. The molecule has 0 aliphatic heterocycles. The molecule has 4 aliphatic rings. The molecule has 0 aromatic rings. The lowest BCUT2D eigenvalue weighted by Crippen LogP contribution is -2.16. The van der Waals surface area contributed by atoms with Gasteiger partial charge in [-0.2, -0.15) is 0 Å². The lowest BCUT2D eigenvalue weighted by atomic mass is 9.78. The molecule has 0 N–H and O–H groups in total. The molecule has 0 unspecified atom stereocenters. The fourth-order valence-corrected chi connectivity index (χ4v) is 3.83. The van der Waals surface area contributed by atoms with Crippen LogP contribution in [-0.2, 0) is 0 Å². The van der Waals surface area contributed by atoms with Crippen LogP contribution in [0.2, 0.25) is 0 Å². The second-order valence-electron chi connectivity index (χ2n) is 9.44. The van der Waals surface area contributed by atoms with Crippen LogP contribution in [-0.4, -0.2) is 0 Å². The van der Waals surface area contributed by atoms with E-state index in [2.05, 4.69) is 41.5 Å². The summed E-state index contributed by atoms with van der Waals surface area (Å²) in [7, 11) is 0. The van der Waals surface area contributed by atoms with Crippen LogP contribution >= 0.6 is 0 Å². The molecule has 4 rings (SSSR count). The van der Waals surface area contributed by atoms with Crippen LogP contribution in [0.15, 0.2) is 0 Å². The zero-order valence-electron chi connectivity index (χ0n) is 16.5. The van der Waals surface area contributed by atoms with E-state index in [-0.39, 0.29) is 0 Å². The molecule has 0 spiro atoms. The van der Waals surface area contributed by atoms with Crippen molar-refractivity contribution in [3.8, 4) is 0 Å². The van der Waals surface area contributed by atoms with Gasteiger partial charge >= 0.3 is 0 Å². The lowest BCUT2D eigenvalue weighted by Gasteiger charge is -2.28. The van der Waals surface area contributed by atoms with Crippen LogP contribution in [0.4, 0.5) is 0 Å². The van der Waals surface area contributed by atoms with E-state index in [1.54, 1.807) is 0 Å². The van der Waals surface area contributed by atoms with Crippen molar-refractivity contribution in [1.82, 2.24) is 0 Å². The second kappa shape index (κ2) is 10.7. The van der Waals surface area contributed by atoms with Crippen LogP contribution < -0.4 is 0 Å². The first-order chi connectivity index (χ1) is 10.4. The Hall–Kier alpha value is 0. The van der Waals surface area contributed by atoms with E-state index in [1.165, 1.54) is 64.2 Å². The van der Waals surface area contributed by atoms with Crippen molar-refractivity contribution in [3.63, 3.8) is 0 Å². The van der Waals surface area contributed by atoms with Gasteiger partial charge in [0.1, 0.15) is 0 Å². The standard InChI is InChI=1S/2C6H12.2C5H10/c2*1-5-3-6(2)4-5;2*1-5-3-2-4-5/h2*5-6H,3-4H2,1-2H3;2*5H,2-4H2,1H3. The summed E-state index contributed by atoms with van der Waals surface area (Å²) in [6.45, 7) is 13.9. The lowest BCUT2D eigenvalue weighted by molar-refractivity contribution is 0.233. The predicted octanol–water partition coefficient (Wildman–Crippen LogP) is 7.72. The number of rotatable bonds is 0. The molecular weight excluding hydrogens is 264 g/mol. The van der Waals surface area contributed by atoms with Gasteiger partial charge in [0, 0.05) is 0 Å². The van der Waals surface area contributed by atoms with Gasteiger partial charge in [0.05, 0.1) is 0 Å². The molecule has 0 heteroatoms. The van der Waals surface area contributed by atoms with Crippen LogP contribution in [0.1, 0.15) is 106 Å². The molecule has 0 bridgehead atoms. The first-order valence-corrected chi connectivity index (χ1v) is 10.4. The third-order valence-corrected chi connectivity index (χ3v) is 6.01. The van der Waals surface area contributed by atoms with Crippen LogP contribution in [0.5, 0.6) is 0 Å². The van der Waals surface area contributed by atoms with Crippen molar-refractivity contribution in [1.29, 1.82) is 0 Å². The highest BCUT2D eigenvalue weighted by molar-refractivity contribution is 4.71. The van der Waals surface area contributed by atoms with Gasteiger partial charge in [-0.15, -0.1) is 0 Å². The Bertz CT molecular complexity index is 209. The zero-order chi connectivity index (χ0) is 16.5. The van der Waals surface area contributed by atoms with E-state index >= 15 is 0 Å². The van der Waals surface area contributed by atoms with E-state index < -0.39 is 0 Å². The summed E-state index contributed by atoms with van der Waals surface area (Å²) < 4.78 is 0. The molecule has 0 nitrogen and oxygen atoms in total. The Morgan fingerprint density at radius 3 is 0.545 bits per heavy atom. The maximum atomic E-state index is 2.32. The summed E-state index contributed by atoms with van der Waals surface area (Å²) in [5, 5.41) is 0. The average molecular weight is 309 g/mol. The van der Waals surface area contributed by atoms with Gasteiger partial charge < -0.3 is 0 Å². The third kappa shape index (κ3) is 9.21. The van der Waals surface area contributed by atoms with E-state index in [0.717, 1.165) is 35.5 Å². The summed E-state index contributed by atoms with van der Waals surface area (Å²) >= 11 is 0. The van der Waals surface area contributed by atoms with Crippen LogP contribution in [0.3, 0.4) is 0 Å². The SMILES string of the molecule is CC1CC(C)C1.CC1CC(C)C1.CC1CCC1.CC1CCC1. The Balaban J connectivity index is 0.000000147. The van der Waals surface area contributed by atoms with Crippen molar-refractivity contribution in [3.05, 3.63) is 0 Å². The normalized spacial score (nSPS) is 36.3. The zero-order valence-corrected chi connectivity index (χ0v) is 16.5. The Morgan fingerprint density at radius 2 is 0.545 bits per heavy atom. The van der Waals surface area contributed by atoms with Gasteiger partial charge in [-0.3, -0.25) is 0 Å². The molecule has 0 saturated heterocycles. The molecule has 4 saturated carbocycles. The topological polar surface area (TPSA) is 0 Å². The molecule has 0 amide bonds. The van der Waals surface area contributed by atoms with Gasteiger partial charge in [0.15, 0.2) is 0 Å². The largest absolute Gasteiger partial charge is 0.0625 e. The summed E-state index contributed by atoms with van der Waals surface area (Å²) in [4.78, 5) is 0. The minimum Gasteiger partial charge on any atom is -0.0625 e. The first kappa shape index (κ1) is 20.0. The average Bonchev–Trinajstić information content (AvgIpc) is 2.33. The van der Waals surface area contributed by atoms with E-state index in [4.69, 9.17) is 0 Å². The van der Waals surface area contributed by atoms with E-state index in [9.17, 15) is 0 Å². The number of hydrogen-bond donors (Lipinski definition) is 0. The minimum absolute atomic E-state index is 1.04. The highest BCUT2D eigenvalue weighted by atomic mass is 14.3. The Labute approximate surface area is 141 Å². The summed E-state index contributed by atoms with van der Waals surface area (Å²) in [5.41, 5.74) is 0. The second-order valence-corrected chi connectivity index (χ2v) is 9.44. The van der Waals surface area contributed by atoms with Gasteiger partial charge in [-0.1, -0.05) is 80.1 Å². The molecule has 0 radical (unpaired) electrons. The maximum absolute atomic E-state index is 2.32. The molecule has 0 aromatic carbocycles. The molecular formula is C22H44. The van der Waals surface area contributed by atoms with Gasteiger partial charge in [-0.05, 0) is 61.2 Å². The Morgan fingerprint density at radius 1 is 0.364 bits per heavy atom. The molecule has 132 valence electrons. The van der Waals surface area contributed by atoms with Gasteiger partial charge in [0.2, 0.25) is 0 Å². The first-order valence-electron chi connectivity index (χ1n) is 10.4. The van der Waals surface area contributed by atoms with Crippen molar-refractivity contribution in [2.24, 2.45) is 35.5 Å². The molecule has 0 atom stereocenters. The van der Waals surface area contributed by atoms with Crippen LogP contribution in [0, 0.1) is 35.5 Å². The summed E-state index contributed by atoms with van der Waals surface area (Å²) in [6.07, 6.45) is 14.8. The Kier molecular flexibility index (Phi) is 9.76. The van der Waals surface area contributed by atoms with Crippen molar-refractivity contribution >= 4 is 0 Å². The molecule has 4 aliphatic carbocycles. The fraction of sp³-hybridized carbons (Fsp3) is 1.00. The maximum Gasteiger partial charge on any atom is -0.0438 e. The van der Waals surface area contributed by atoms with Crippen molar-refractivity contribution in [2.45, 2.75) is 106 Å². The summed E-state index contributed by atoms with van der Waals surface area (Å²) in [5.74, 6) is 6.30. The molecule has 4 fully saturated rings. The fourth-order valence-electron chi connectivity index (χ4n) is 3.83. The van der Waals surface area contributed by atoms with Crippen molar-refractivity contribution in [2.75, 3.05) is 0 Å². The molecule has 0 aromatic heterocycles. The molecule has 0 heterocycles. The molecule has 22 heavy (non-hydrogen) atoms. The number of hydrogen-bond acceptors (Lipinski definition) is 0. The van der Waals surface area contributed by atoms with E-state index in [0.29, 0.717) is 0 Å². The summed E-state index contributed by atoms with van der Waals surface area (Å²) in [6, 6.07) is 0. The van der Waals surface area contributed by atoms with Gasteiger partial charge in [0.25, 0.3) is 0 Å². The smallest absolute Gasteiger partial charge is 0.0438 e. The predicted molar refractivity (Wildman–Crippen MR) is 101 cm³/mol. The quantitative estimate of drug-likeness (QED) is 0.429. The minimum atomic E-state index is 1.04. The van der Waals surface area contributed by atoms with Gasteiger partial charge in [-0.25, -0.2) is 0 Å². The van der Waals surface area contributed by atoms with E-state index in [1.807, 2.05) is 0 Å². The monoisotopic (exact) mass is 308 g/mol. The van der Waals surface area contributed by atoms with Crippen LogP contribution in [0.25, 0.3) is 0 Å². The highest BCUT2D eigenvalue weighted by Gasteiger charge is 2.20.